The molecular weight excluding hydrogens is 274 g/mol. The van der Waals surface area contributed by atoms with Crippen molar-refractivity contribution in [2.45, 2.75) is 19.1 Å². The molecule has 20 heavy (non-hydrogen) atoms. The summed E-state index contributed by atoms with van der Waals surface area (Å²) < 4.78 is 5.12. The van der Waals surface area contributed by atoms with Gasteiger partial charge in [0.1, 0.15) is 6.61 Å². The van der Waals surface area contributed by atoms with Crippen LogP contribution in [-0.2, 0) is 17.8 Å². The molecule has 0 radical (unpaired) electrons. The van der Waals surface area contributed by atoms with Crippen LogP contribution in [0.2, 0.25) is 0 Å². The topological polar surface area (TPSA) is 77.2 Å². The summed E-state index contributed by atoms with van der Waals surface area (Å²) in [6.07, 6.45) is 1.92. The number of carbonyl (C=O) groups is 1. The van der Waals surface area contributed by atoms with Crippen LogP contribution in [0.1, 0.15) is 10.4 Å². The number of amides is 1. The molecule has 1 aromatic carbocycles. The molecule has 0 saturated heterocycles. The fourth-order valence-electron chi connectivity index (χ4n) is 1.75. The average Bonchev–Trinajstić information content (AvgIpc) is 2.99. The number of carbonyl (C=O) groups excluding carboxylic acids is 1. The summed E-state index contributed by atoms with van der Waals surface area (Å²) in [5.74, 6) is 0. The number of hydrogen-bond donors (Lipinski definition) is 2. The first-order valence-electron chi connectivity index (χ1n) is 6.32. The summed E-state index contributed by atoms with van der Waals surface area (Å²) in [5.41, 5.74) is 8.51. The molecule has 1 heterocycles. The molecule has 2 rings (SSSR count). The van der Waals surface area contributed by atoms with E-state index in [0.717, 1.165) is 10.4 Å². The van der Waals surface area contributed by atoms with E-state index in [2.05, 4.69) is 10.3 Å². The molecule has 0 saturated carbocycles. The number of alkyl carbamates (subject to hydrolysis) is 1. The number of thiazole rings is 1. The zero-order valence-electron chi connectivity index (χ0n) is 11.0. The van der Waals surface area contributed by atoms with Crippen molar-refractivity contribution in [3.63, 3.8) is 0 Å². The molecule has 6 heteroatoms. The molecule has 0 aliphatic heterocycles. The molecule has 0 aliphatic carbocycles. The zero-order valence-corrected chi connectivity index (χ0v) is 11.8. The summed E-state index contributed by atoms with van der Waals surface area (Å²) >= 11 is 1.45. The van der Waals surface area contributed by atoms with Crippen molar-refractivity contribution < 1.29 is 9.53 Å². The number of benzene rings is 1. The zero-order chi connectivity index (χ0) is 14.2. The number of rotatable bonds is 6. The summed E-state index contributed by atoms with van der Waals surface area (Å²) in [7, 11) is 0. The maximum absolute atomic E-state index is 11.7. The summed E-state index contributed by atoms with van der Waals surface area (Å²) in [5, 5.41) is 2.78. The molecule has 1 aromatic heterocycles. The molecule has 106 valence electrons. The number of hydrogen-bond acceptors (Lipinski definition) is 5. The van der Waals surface area contributed by atoms with Crippen LogP contribution in [0, 0.1) is 0 Å². The first-order chi connectivity index (χ1) is 9.78. The van der Waals surface area contributed by atoms with Crippen molar-refractivity contribution in [2.24, 2.45) is 5.73 Å². The summed E-state index contributed by atoms with van der Waals surface area (Å²) in [6.45, 7) is 0.601. The van der Waals surface area contributed by atoms with Gasteiger partial charge >= 0.3 is 6.09 Å². The highest BCUT2D eigenvalue weighted by molar-refractivity contribution is 7.09. The molecule has 1 atom stereocenters. The van der Waals surface area contributed by atoms with Crippen molar-refractivity contribution in [3.8, 4) is 0 Å². The van der Waals surface area contributed by atoms with Gasteiger partial charge in [-0.1, -0.05) is 30.3 Å². The Morgan fingerprint density at radius 3 is 2.85 bits per heavy atom. The smallest absolute Gasteiger partial charge is 0.407 e. The minimum absolute atomic E-state index is 0.133. The standard InChI is InChI=1S/C14H17N3O2S/c15-7-12(6-11-4-2-1-3-5-11)17-14(18)19-9-13-8-16-10-20-13/h1-5,8,10,12H,6-7,9,15H2,(H,17,18). The Bertz CT molecular complexity index is 516. The van der Waals surface area contributed by atoms with Gasteiger partial charge in [-0.2, -0.15) is 0 Å². The lowest BCUT2D eigenvalue weighted by Gasteiger charge is -2.16. The van der Waals surface area contributed by atoms with Crippen molar-refractivity contribution in [1.29, 1.82) is 0 Å². The second kappa shape index (κ2) is 7.62. The summed E-state index contributed by atoms with van der Waals surface area (Å²) in [6, 6.07) is 9.76. The molecular formula is C14H17N3O2S. The maximum Gasteiger partial charge on any atom is 0.407 e. The lowest BCUT2D eigenvalue weighted by Crippen LogP contribution is -2.41. The third kappa shape index (κ3) is 4.64. The molecule has 0 aliphatic rings. The van der Waals surface area contributed by atoms with Crippen molar-refractivity contribution in [1.82, 2.24) is 10.3 Å². The van der Waals surface area contributed by atoms with E-state index >= 15 is 0 Å². The number of ether oxygens (including phenoxy) is 1. The summed E-state index contributed by atoms with van der Waals surface area (Å²) in [4.78, 5) is 16.5. The quantitative estimate of drug-likeness (QED) is 0.852. The van der Waals surface area contributed by atoms with Crippen LogP contribution in [0.25, 0.3) is 0 Å². The molecule has 3 N–H and O–H groups in total. The van der Waals surface area contributed by atoms with Gasteiger partial charge in [-0.05, 0) is 12.0 Å². The first-order valence-corrected chi connectivity index (χ1v) is 7.20. The Labute approximate surface area is 121 Å². The molecule has 0 bridgehead atoms. The number of nitrogens with two attached hydrogens (primary N) is 1. The van der Waals surface area contributed by atoms with E-state index in [1.165, 1.54) is 11.3 Å². The van der Waals surface area contributed by atoms with Crippen LogP contribution in [0.5, 0.6) is 0 Å². The van der Waals surface area contributed by atoms with E-state index in [0.29, 0.717) is 13.0 Å². The third-order valence-electron chi connectivity index (χ3n) is 2.76. The van der Waals surface area contributed by atoms with Crippen LogP contribution in [0.3, 0.4) is 0 Å². The van der Waals surface area contributed by atoms with Crippen LogP contribution in [0.15, 0.2) is 42.0 Å². The van der Waals surface area contributed by atoms with Crippen molar-refractivity contribution in [2.75, 3.05) is 6.54 Å². The van der Waals surface area contributed by atoms with Crippen LogP contribution < -0.4 is 11.1 Å². The molecule has 5 nitrogen and oxygen atoms in total. The fourth-order valence-corrected chi connectivity index (χ4v) is 2.26. The van der Waals surface area contributed by atoms with E-state index in [1.807, 2.05) is 30.3 Å². The fraction of sp³-hybridized carbons (Fsp3) is 0.286. The number of aromatic nitrogens is 1. The lowest BCUT2D eigenvalue weighted by atomic mass is 10.1. The minimum Gasteiger partial charge on any atom is -0.444 e. The van der Waals surface area contributed by atoms with E-state index in [-0.39, 0.29) is 12.6 Å². The van der Waals surface area contributed by atoms with Gasteiger partial charge in [-0.25, -0.2) is 4.79 Å². The van der Waals surface area contributed by atoms with Gasteiger partial charge in [0, 0.05) is 18.8 Å². The molecule has 1 unspecified atom stereocenters. The molecule has 2 aromatic rings. The Balaban J connectivity index is 1.79. The predicted molar refractivity (Wildman–Crippen MR) is 78.4 cm³/mol. The highest BCUT2D eigenvalue weighted by atomic mass is 32.1. The van der Waals surface area contributed by atoms with Crippen LogP contribution in [0.4, 0.5) is 4.79 Å². The van der Waals surface area contributed by atoms with E-state index < -0.39 is 6.09 Å². The number of nitrogens with one attached hydrogen (secondary N) is 1. The van der Waals surface area contributed by atoms with Crippen LogP contribution >= 0.6 is 11.3 Å². The average molecular weight is 291 g/mol. The Kier molecular flexibility index (Phi) is 5.52. The Hall–Kier alpha value is -1.92. The van der Waals surface area contributed by atoms with Gasteiger partial charge < -0.3 is 15.8 Å². The first kappa shape index (κ1) is 14.5. The van der Waals surface area contributed by atoms with Gasteiger partial charge in [0.15, 0.2) is 0 Å². The van der Waals surface area contributed by atoms with Gasteiger partial charge in [-0.15, -0.1) is 11.3 Å². The Morgan fingerprint density at radius 2 is 2.20 bits per heavy atom. The van der Waals surface area contributed by atoms with E-state index in [1.54, 1.807) is 11.7 Å². The molecule has 1 amide bonds. The van der Waals surface area contributed by atoms with Gasteiger partial charge in [0.2, 0.25) is 0 Å². The predicted octanol–water partition coefficient (Wildman–Crippen LogP) is 1.94. The second-order valence-corrected chi connectivity index (χ2v) is 5.28. The monoisotopic (exact) mass is 291 g/mol. The normalized spacial score (nSPS) is 11.8. The van der Waals surface area contributed by atoms with Crippen molar-refractivity contribution >= 4 is 17.4 Å². The van der Waals surface area contributed by atoms with E-state index in [4.69, 9.17) is 10.5 Å². The third-order valence-corrected chi connectivity index (χ3v) is 3.51. The maximum atomic E-state index is 11.7. The van der Waals surface area contributed by atoms with Crippen LogP contribution in [-0.4, -0.2) is 23.7 Å². The SMILES string of the molecule is NCC(Cc1ccccc1)NC(=O)OCc1cncs1. The molecule has 0 spiro atoms. The Morgan fingerprint density at radius 1 is 1.40 bits per heavy atom. The second-order valence-electron chi connectivity index (χ2n) is 4.31. The highest BCUT2D eigenvalue weighted by Crippen LogP contribution is 2.07. The van der Waals surface area contributed by atoms with Gasteiger partial charge in [0.05, 0.1) is 10.4 Å². The van der Waals surface area contributed by atoms with Gasteiger partial charge in [-0.3, -0.25) is 4.98 Å². The van der Waals surface area contributed by atoms with Crippen molar-refractivity contribution in [3.05, 3.63) is 52.5 Å². The minimum atomic E-state index is -0.454. The molecule has 0 fully saturated rings. The largest absolute Gasteiger partial charge is 0.444 e. The lowest BCUT2D eigenvalue weighted by molar-refractivity contribution is 0.137. The van der Waals surface area contributed by atoms with E-state index in [9.17, 15) is 4.79 Å². The van der Waals surface area contributed by atoms with Gasteiger partial charge in [0.25, 0.3) is 0 Å². The number of nitrogens with zero attached hydrogens (tertiary/aromatic N) is 1. The highest BCUT2D eigenvalue weighted by Gasteiger charge is 2.12.